The van der Waals surface area contributed by atoms with Crippen molar-refractivity contribution in [3.05, 3.63) is 22.9 Å². The van der Waals surface area contributed by atoms with E-state index in [1.54, 1.807) is 0 Å². The zero-order valence-corrected chi connectivity index (χ0v) is 11.3. The lowest BCUT2D eigenvalue weighted by atomic mass is 9.78. The van der Waals surface area contributed by atoms with Gasteiger partial charge in [-0.2, -0.15) is 0 Å². The molecule has 0 unspecified atom stereocenters. The SMILES string of the molecule is CC1(Nc2nc3c(cc2C(=O)O)CCCC3)CCC1. The van der Waals surface area contributed by atoms with Crippen molar-refractivity contribution in [1.82, 2.24) is 4.98 Å². The molecule has 1 aromatic rings. The van der Waals surface area contributed by atoms with Crippen LogP contribution in [0.2, 0.25) is 0 Å². The number of carboxylic acid groups (broad SMARTS) is 1. The van der Waals surface area contributed by atoms with E-state index in [1.165, 1.54) is 6.42 Å². The summed E-state index contributed by atoms with van der Waals surface area (Å²) in [6.07, 6.45) is 7.61. The van der Waals surface area contributed by atoms with Crippen LogP contribution in [0.25, 0.3) is 0 Å². The third kappa shape index (κ3) is 2.31. The molecule has 1 heterocycles. The van der Waals surface area contributed by atoms with E-state index in [1.807, 2.05) is 6.07 Å². The number of nitrogens with one attached hydrogen (secondary N) is 1. The Labute approximate surface area is 113 Å². The number of hydrogen-bond acceptors (Lipinski definition) is 3. The summed E-state index contributed by atoms with van der Waals surface area (Å²) in [7, 11) is 0. The second kappa shape index (κ2) is 4.51. The molecule has 0 radical (unpaired) electrons. The number of carbonyl (C=O) groups is 1. The molecule has 2 aliphatic rings. The first kappa shape index (κ1) is 12.5. The summed E-state index contributed by atoms with van der Waals surface area (Å²) in [5.74, 6) is -0.318. The van der Waals surface area contributed by atoms with Gasteiger partial charge in [-0.15, -0.1) is 0 Å². The molecule has 4 nitrogen and oxygen atoms in total. The van der Waals surface area contributed by atoms with Crippen molar-refractivity contribution in [1.29, 1.82) is 0 Å². The summed E-state index contributed by atoms with van der Waals surface area (Å²) in [5, 5.41) is 12.7. The average molecular weight is 260 g/mol. The van der Waals surface area contributed by atoms with Gasteiger partial charge in [-0.1, -0.05) is 0 Å². The summed E-state index contributed by atoms with van der Waals surface area (Å²) in [5.41, 5.74) is 2.56. The molecule has 1 saturated carbocycles. The molecule has 0 bridgehead atoms. The van der Waals surface area contributed by atoms with Crippen molar-refractivity contribution in [3.63, 3.8) is 0 Å². The monoisotopic (exact) mass is 260 g/mol. The van der Waals surface area contributed by atoms with Gasteiger partial charge in [0.1, 0.15) is 11.4 Å². The van der Waals surface area contributed by atoms with Crippen molar-refractivity contribution in [2.24, 2.45) is 0 Å². The second-order valence-corrected chi connectivity index (χ2v) is 6.04. The van der Waals surface area contributed by atoms with Crippen LogP contribution in [0.15, 0.2) is 6.07 Å². The summed E-state index contributed by atoms with van der Waals surface area (Å²) in [6.45, 7) is 2.14. The Balaban J connectivity index is 1.98. The molecule has 4 heteroatoms. The minimum atomic E-state index is -0.883. The van der Waals surface area contributed by atoms with Crippen LogP contribution in [0.1, 0.15) is 60.6 Å². The number of aryl methyl sites for hydroxylation is 2. The predicted molar refractivity (Wildman–Crippen MR) is 73.7 cm³/mol. The number of carboxylic acids is 1. The van der Waals surface area contributed by atoms with E-state index in [-0.39, 0.29) is 5.54 Å². The highest BCUT2D eigenvalue weighted by Gasteiger charge is 2.33. The molecule has 0 atom stereocenters. The highest BCUT2D eigenvalue weighted by Crippen LogP contribution is 2.36. The van der Waals surface area contributed by atoms with Gasteiger partial charge >= 0.3 is 5.97 Å². The minimum Gasteiger partial charge on any atom is -0.478 e. The molecule has 102 valence electrons. The molecule has 1 fully saturated rings. The summed E-state index contributed by atoms with van der Waals surface area (Å²) >= 11 is 0. The molecule has 0 spiro atoms. The van der Waals surface area contributed by atoms with Crippen molar-refractivity contribution < 1.29 is 9.90 Å². The van der Waals surface area contributed by atoms with Gasteiger partial charge in [0.05, 0.1) is 0 Å². The Morgan fingerprint density at radius 1 is 1.32 bits per heavy atom. The van der Waals surface area contributed by atoms with E-state index in [0.717, 1.165) is 49.8 Å². The molecule has 0 aliphatic heterocycles. The van der Waals surface area contributed by atoms with E-state index in [0.29, 0.717) is 11.4 Å². The molecule has 0 saturated heterocycles. The van der Waals surface area contributed by atoms with E-state index in [4.69, 9.17) is 0 Å². The summed E-state index contributed by atoms with van der Waals surface area (Å²) in [6, 6.07) is 1.83. The Hall–Kier alpha value is -1.58. The molecular formula is C15H20N2O2. The lowest BCUT2D eigenvalue weighted by molar-refractivity contribution is 0.0697. The fourth-order valence-electron chi connectivity index (χ4n) is 3.01. The number of anilines is 1. The van der Waals surface area contributed by atoms with Crippen LogP contribution in [-0.2, 0) is 12.8 Å². The van der Waals surface area contributed by atoms with Crippen LogP contribution in [0.3, 0.4) is 0 Å². The molecule has 2 N–H and O–H groups in total. The number of aromatic carboxylic acids is 1. The lowest BCUT2D eigenvalue weighted by Crippen LogP contribution is -2.42. The van der Waals surface area contributed by atoms with E-state index in [2.05, 4.69) is 17.2 Å². The van der Waals surface area contributed by atoms with Gasteiger partial charge in [-0.3, -0.25) is 0 Å². The number of nitrogens with zero attached hydrogens (tertiary/aromatic N) is 1. The highest BCUT2D eigenvalue weighted by molar-refractivity contribution is 5.93. The van der Waals surface area contributed by atoms with E-state index in [9.17, 15) is 9.90 Å². The lowest BCUT2D eigenvalue weighted by Gasteiger charge is -2.40. The van der Waals surface area contributed by atoms with Gasteiger partial charge in [0, 0.05) is 11.2 Å². The number of rotatable bonds is 3. The molecule has 1 aromatic heterocycles. The summed E-state index contributed by atoms with van der Waals surface area (Å²) in [4.78, 5) is 16.0. The maximum absolute atomic E-state index is 11.4. The van der Waals surface area contributed by atoms with Crippen LogP contribution in [0.5, 0.6) is 0 Å². The molecule has 19 heavy (non-hydrogen) atoms. The van der Waals surface area contributed by atoms with Crippen LogP contribution < -0.4 is 5.32 Å². The first-order valence-electron chi connectivity index (χ1n) is 7.12. The molecule has 3 rings (SSSR count). The quantitative estimate of drug-likeness (QED) is 0.877. The van der Waals surface area contributed by atoms with Crippen LogP contribution >= 0.6 is 0 Å². The third-order valence-electron chi connectivity index (χ3n) is 4.41. The maximum Gasteiger partial charge on any atom is 0.339 e. The van der Waals surface area contributed by atoms with Crippen molar-refractivity contribution in [2.75, 3.05) is 5.32 Å². The fourth-order valence-corrected chi connectivity index (χ4v) is 3.01. The van der Waals surface area contributed by atoms with Gasteiger partial charge < -0.3 is 10.4 Å². The zero-order valence-electron chi connectivity index (χ0n) is 11.3. The van der Waals surface area contributed by atoms with Crippen LogP contribution in [0.4, 0.5) is 5.82 Å². The topological polar surface area (TPSA) is 62.2 Å². The average Bonchev–Trinajstić information content (AvgIpc) is 2.36. The van der Waals surface area contributed by atoms with Crippen LogP contribution in [-0.4, -0.2) is 21.6 Å². The number of pyridine rings is 1. The molecular weight excluding hydrogens is 240 g/mol. The largest absolute Gasteiger partial charge is 0.478 e. The minimum absolute atomic E-state index is 0.0279. The highest BCUT2D eigenvalue weighted by atomic mass is 16.4. The number of fused-ring (bicyclic) bond motifs is 1. The smallest absolute Gasteiger partial charge is 0.339 e. The fraction of sp³-hybridized carbons (Fsp3) is 0.600. The third-order valence-corrected chi connectivity index (χ3v) is 4.41. The van der Waals surface area contributed by atoms with E-state index < -0.39 is 5.97 Å². The number of aromatic nitrogens is 1. The van der Waals surface area contributed by atoms with Crippen molar-refractivity contribution in [2.45, 2.75) is 57.4 Å². The Morgan fingerprint density at radius 3 is 2.68 bits per heavy atom. The first-order valence-corrected chi connectivity index (χ1v) is 7.12. The maximum atomic E-state index is 11.4. The first-order chi connectivity index (χ1) is 9.07. The zero-order chi connectivity index (χ0) is 13.5. The normalized spacial score (nSPS) is 20.3. The number of hydrogen-bond donors (Lipinski definition) is 2. The Kier molecular flexibility index (Phi) is 2.96. The van der Waals surface area contributed by atoms with Gasteiger partial charge in [-0.25, -0.2) is 9.78 Å². The standard InChI is InChI=1S/C15H20N2O2/c1-15(7-4-8-15)17-13-11(14(18)19)9-10-5-2-3-6-12(10)16-13/h9H,2-8H2,1H3,(H,16,17)(H,18,19). The Bertz CT molecular complexity index is 521. The molecule has 2 aliphatic carbocycles. The summed E-state index contributed by atoms with van der Waals surface area (Å²) < 4.78 is 0. The predicted octanol–water partition coefficient (Wildman–Crippen LogP) is 3.01. The van der Waals surface area contributed by atoms with Crippen molar-refractivity contribution >= 4 is 11.8 Å². The van der Waals surface area contributed by atoms with Gasteiger partial charge in [0.15, 0.2) is 0 Å². The van der Waals surface area contributed by atoms with E-state index >= 15 is 0 Å². The molecule has 0 amide bonds. The van der Waals surface area contributed by atoms with Gasteiger partial charge in [0.25, 0.3) is 0 Å². The van der Waals surface area contributed by atoms with Gasteiger partial charge in [-0.05, 0) is 63.5 Å². The van der Waals surface area contributed by atoms with Crippen molar-refractivity contribution in [3.8, 4) is 0 Å². The van der Waals surface area contributed by atoms with Crippen LogP contribution in [0, 0.1) is 0 Å². The van der Waals surface area contributed by atoms with Gasteiger partial charge in [0.2, 0.25) is 0 Å². The second-order valence-electron chi connectivity index (χ2n) is 6.04. The Morgan fingerprint density at radius 2 is 2.05 bits per heavy atom. The molecule has 0 aromatic carbocycles.